The summed E-state index contributed by atoms with van der Waals surface area (Å²) in [5, 5.41) is 12.6. The number of thiazole rings is 1. The first kappa shape index (κ1) is 33.9. The molecule has 0 aliphatic heterocycles. The molecule has 2 amide bonds. The Morgan fingerprint density at radius 3 is 2.48 bits per heavy atom. The van der Waals surface area contributed by atoms with Gasteiger partial charge in [0, 0.05) is 48.4 Å². The lowest BCUT2D eigenvalue weighted by Crippen LogP contribution is -2.42. The second kappa shape index (κ2) is 15.9. The van der Waals surface area contributed by atoms with Crippen molar-refractivity contribution < 1.29 is 24.2 Å². The normalized spacial score (nSPS) is 21.5. The summed E-state index contributed by atoms with van der Waals surface area (Å²) in [5.74, 6) is 2.03. The SMILES string of the molecule is COc1ccc(C2CCC(CN(C(=O)C3CCC(OC(=O)NCCO)CC3)c3cccc(-c4cnc(C(C)C)s4)c3)CC2)nc1C. The Balaban J connectivity index is 1.30. The minimum atomic E-state index is -0.512. The third-order valence-corrected chi connectivity index (χ3v) is 10.7. The minimum absolute atomic E-state index is 0.122. The summed E-state index contributed by atoms with van der Waals surface area (Å²) in [6, 6.07) is 12.5. The second-order valence-electron chi connectivity index (χ2n) is 13.0. The van der Waals surface area contributed by atoms with Crippen LogP contribution in [0.4, 0.5) is 10.5 Å². The zero-order valence-electron chi connectivity index (χ0n) is 27.5. The molecule has 2 heterocycles. The summed E-state index contributed by atoms with van der Waals surface area (Å²) in [6.07, 6.45) is 8.03. The van der Waals surface area contributed by atoms with Gasteiger partial charge in [0.05, 0.1) is 29.3 Å². The summed E-state index contributed by atoms with van der Waals surface area (Å²) in [5.41, 5.74) is 4.06. The summed E-state index contributed by atoms with van der Waals surface area (Å²) >= 11 is 1.71. The highest BCUT2D eigenvalue weighted by Gasteiger charge is 2.34. The van der Waals surface area contributed by atoms with Gasteiger partial charge in [0.15, 0.2) is 0 Å². The van der Waals surface area contributed by atoms with Crippen LogP contribution in [0.25, 0.3) is 10.4 Å². The van der Waals surface area contributed by atoms with Crippen molar-refractivity contribution in [2.45, 2.75) is 90.1 Å². The predicted octanol–water partition coefficient (Wildman–Crippen LogP) is 7.23. The molecule has 0 saturated heterocycles. The molecule has 2 aliphatic rings. The van der Waals surface area contributed by atoms with Gasteiger partial charge in [0.25, 0.3) is 0 Å². The summed E-state index contributed by atoms with van der Waals surface area (Å²) in [6.45, 7) is 7.02. The summed E-state index contributed by atoms with van der Waals surface area (Å²) in [7, 11) is 1.68. The molecule has 46 heavy (non-hydrogen) atoms. The molecule has 9 nitrogen and oxygen atoms in total. The third kappa shape index (κ3) is 8.45. The number of ether oxygens (including phenoxy) is 2. The second-order valence-corrected chi connectivity index (χ2v) is 14.0. The predicted molar refractivity (Wildman–Crippen MR) is 182 cm³/mol. The highest BCUT2D eigenvalue weighted by Crippen LogP contribution is 2.39. The van der Waals surface area contributed by atoms with E-state index in [9.17, 15) is 9.59 Å². The van der Waals surface area contributed by atoms with Crippen LogP contribution in [0.2, 0.25) is 0 Å². The molecule has 248 valence electrons. The monoisotopic (exact) mass is 648 g/mol. The molecule has 3 aromatic rings. The first-order valence-electron chi connectivity index (χ1n) is 16.7. The van der Waals surface area contributed by atoms with Crippen LogP contribution in [-0.4, -0.2) is 60.0 Å². The number of aromatic nitrogens is 2. The molecule has 2 N–H and O–H groups in total. The Morgan fingerprint density at radius 2 is 1.83 bits per heavy atom. The lowest BCUT2D eigenvalue weighted by atomic mass is 9.79. The minimum Gasteiger partial charge on any atom is -0.495 e. The van der Waals surface area contributed by atoms with E-state index in [1.165, 1.54) is 0 Å². The van der Waals surface area contributed by atoms with Crippen LogP contribution < -0.4 is 15.0 Å². The number of rotatable bonds is 11. The molecule has 2 aromatic heterocycles. The Morgan fingerprint density at radius 1 is 1.07 bits per heavy atom. The Hall–Kier alpha value is -3.50. The molecule has 0 bridgehead atoms. The maximum atomic E-state index is 14.3. The van der Waals surface area contributed by atoms with Crippen molar-refractivity contribution >= 4 is 29.0 Å². The Kier molecular flexibility index (Phi) is 11.7. The van der Waals surface area contributed by atoms with Crippen molar-refractivity contribution in [3.63, 3.8) is 0 Å². The number of nitrogens with zero attached hydrogens (tertiary/aromatic N) is 3. The van der Waals surface area contributed by atoms with Crippen molar-refractivity contribution in [3.8, 4) is 16.2 Å². The number of methoxy groups -OCH3 is 1. The number of pyridine rings is 1. The number of alkyl carbamates (subject to hydrolysis) is 1. The molecule has 0 atom stereocenters. The van der Waals surface area contributed by atoms with Crippen LogP contribution in [0.3, 0.4) is 0 Å². The average Bonchev–Trinajstić information content (AvgIpc) is 3.58. The van der Waals surface area contributed by atoms with E-state index >= 15 is 0 Å². The largest absolute Gasteiger partial charge is 0.495 e. The first-order valence-corrected chi connectivity index (χ1v) is 17.5. The smallest absolute Gasteiger partial charge is 0.407 e. The van der Waals surface area contributed by atoms with Crippen LogP contribution in [0.15, 0.2) is 42.6 Å². The van der Waals surface area contributed by atoms with Gasteiger partial charge in [0.1, 0.15) is 11.9 Å². The maximum Gasteiger partial charge on any atom is 0.407 e. The molecule has 0 unspecified atom stereocenters. The van der Waals surface area contributed by atoms with E-state index in [1.807, 2.05) is 30.2 Å². The van der Waals surface area contributed by atoms with Gasteiger partial charge in [-0.3, -0.25) is 9.78 Å². The van der Waals surface area contributed by atoms with Gasteiger partial charge in [0.2, 0.25) is 5.91 Å². The van der Waals surface area contributed by atoms with Gasteiger partial charge < -0.3 is 24.8 Å². The van der Waals surface area contributed by atoms with E-state index in [1.54, 1.807) is 18.4 Å². The molecule has 2 saturated carbocycles. The lowest BCUT2D eigenvalue weighted by Gasteiger charge is -2.36. The number of carbonyl (C=O) groups is 2. The van der Waals surface area contributed by atoms with Crippen LogP contribution in [0.1, 0.15) is 93.4 Å². The number of nitrogens with one attached hydrogen (secondary N) is 1. The van der Waals surface area contributed by atoms with Gasteiger partial charge in [-0.1, -0.05) is 26.0 Å². The number of hydrogen-bond acceptors (Lipinski definition) is 8. The number of benzene rings is 1. The number of amides is 2. The molecule has 0 spiro atoms. The fraction of sp³-hybridized carbons (Fsp3) is 0.556. The van der Waals surface area contributed by atoms with Crippen molar-refractivity contribution in [1.29, 1.82) is 0 Å². The first-order chi connectivity index (χ1) is 22.2. The van der Waals surface area contributed by atoms with E-state index in [0.29, 0.717) is 50.0 Å². The van der Waals surface area contributed by atoms with Crippen molar-refractivity contribution in [3.05, 3.63) is 59.0 Å². The highest BCUT2D eigenvalue weighted by molar-refractivity contribution is 7.15. The van der Waals surface area contributed by atoms with E-state index in [0.717, 1.165) is 64.0 Å². The zero-order valence-corrected chi connectivity index (χ0v) is 28.4. The zero-order chi connectivity index (χ0) is 32.6. The molecular formula is C36H48N4O5S. The van der Waals surface area contributed by atoms with E-state index in [2.05, 4.69) is 48.4 Å². The summed E-state index contributed by atoms with van der Waals surface area (Å²) in [4.78, 5) is 38.9. The lowest BCUT2D eigenvalue weighted by molar-refractivity contribution is -0.124. The van der Waals surface area contributed by atoms with Gasteiger partial charge in [-0.2, -0.15) is 0 Å². The third-order valence-electron chi connectivity index (χ3n) is 9.39. The molecule has 10 heteroatoms. The van der Waals surface area contributed by atoms with Gasteiger partial charge in [-0.25, -0.2) is 9.78 Å². The summed E-state index contributed by atoms with van der Waals surface area (Å²) < 4.78 is 10.9. The van der Waals surface area contributed by atoms with Gasteiger partial charge in [-0.05, 0) is 94.0 Å². The molecule has 2 fully saturated rings. The van der Waals surface area contributed by atoms with Crippen LogP contribution in [0, 0.1) is 18.8 Å². The maximum absolute atomic E-state index is 14.3. The average molecular weight is 649 g/mol. The topological polar surface area (TPSA) is 114 Å². The standard InChI is InChI=1S/C36H48N4O5S/c1-23(2)34-38-21-33(46-34)28-6-5-7-29(20-28)40(35(42)27-12-14-30(15-13-27)45-36(43)37-18-19-41)22-25-8-10-26(11-9-25)31-16-17-32(44-4)24(3)39-31/h5-7,16-17,20-21,23,25-27,30,41H,8-15,18-19,22H2,1-4H3,(H,37,43). The van der Waals surface area contributed by atoms with Gasteiger partial charge in [-0.15, -0.1) is 11.3 Å². The van der Waals surface area contributed by atoms with Gasteiger partial charge >= 0.3 is 6.09 Å². The van der Waals surface area contributed by atoms with Crippen LogP contribution >= 0.6 is 11.3 Å². The van der Waals surface area contributed by atoms with E-state index in [-0.39, 0.29) is 31.1 Å². The Bertz CT molecular complexity index is 1460. The number of aryl methyl sites for hydroxylation is 1. The van der Waals surface area contributed by atoms with Crippen LogP contribution in [-0.2, 0) is 9.53 Å². The fourth-order valence-corrected chi connectivity index (χ4v) is 7.66. The fourth-order valence-electron chi connectivity index (χ4n) is 6.75. The van der Waals surface area contributed by atoms with Crippen molar-refractivity contribution in [2.75, 3.05) is 31.7 Å². The molecular weight excluding hydrogens is 600 g/mol. The molecule has 0 radical (unpaired) electrons. The number of anilines is 1. The Labute approximate surface area is 276 Å². The van der Waals surface area contributed by atoms with Crippen molar-refractivity contribution in [1.82, 2.24) is 15.3 Å². The highest BCUT2D eigenvalue weighted by atomic mass is 32.1. The van der Waals surface area contributed by atoms with E-state index in [4.69, 9.17) is 19.6 Å². The molecule has 1 aromatic carbocycles. The van der Waals surface area contributed by atoms with E-state index < -0.39 is 6.09 Å². The number of aliphatic hydroxyl groups is 1. The quantitative estimate of drug-likeness (QED) is 0.226. The number of aliphatic hydroxyl groups excluding tert-OH is 1. The molecule has 5 rings (SSSR count). The van der Waals surface area contributed by atoms with Crippen molar-refractivity contribution in [2.24, 2.45) is 11.8 Å². The van der Waals surface area contributed by atoms with Crippen LogP contribution in [0.5, 0.6) is 5.75 Å². The number of carbonyl (C=O) groups excluding carboxylic acids is 2. The number of hydrogen-bond donors (Lipinski definition) is 2. The molecule has 2 aliphatic carbocycles.